The lowest BCUT2D eigenvalue weighted by molar-refractivity contribution is -0.364. The number of anilines is 4. The van der Waals surface area contributed by atoms with E-state index in [1.165, 1.54) is 24.0 Å². The third-order valence-corrected chi connectivity index (χ3v) is 8.06. The van der Waals surface area contributed by atoms with Gasteiger partial charge in [0.1, 0.15) is 9.92 Å². The summed E-state index contributed by atoms with van der Waals surface area (Å²) in [4.78, 5) is 12.5. The molecule has 2 aromatic carbocycles. The van der Waals surface area contributed by atoms with Gasteiger partial charge in [-0.1, -0.05) is 40.9 Å². The Balaban J connectivity index is 1.47. The van der Waals surface area contributed by atoms with Crippen LogP contribution in [0.4, 0.5) is 23.1 Å². The van der Waals surface area contributed by atoms with Crippen molar-refractivity contribution in [2.75, 3.05) is 58.0 Å². The predicted octanol–water partition coefficient (Wildman–Crippen LogP) is 3.03. The summed E-state index contributed by atoms with van der Waals surface area (Å²) in [5.74, 6) is 0.803. The van der Waals surface area contributed by atoms with Gasteiger partial charge in [0, 0.05) is 46.8 Å². The molecule has 0 spiro atoms. The minimum atomic E-state index is -3.65. The maximum atomic E-state index is 12.7. The maximum absolute atomic E-state index is 12.7. The molecule has 1 aromatic heterocycles. The molecule has 1 aliphatic heterocycles. The second kappa shape index (κ2) is 10.9. The molecule has 0 radical (unpaired) electrons. The first-order valence-electron chi connectivity index (χ1n) is 11.4. The molecular formula is C24H31ClN7O2S+. The molecule has 1 aliphatic rings. The highest BCUT2D eigenvalue weighted by Crippen LogP contribution is 2.29. The zero-order valence-electron chi connectivity index (χ0n) is 20.1. The molecule has 0 saturated carbocycles. The van der Waals surface area contributed by atoms with Crippen molar-refractivity contribution in [3.63, 3.8) is 0 Å². The lowest BCUT2D eigenvalue weighted by Crippen LogP contribution is -2.43. The summed E-state index contributed by atoms with van der Waals surface area (Å²) < 4.78 is 26.6. The van der Waals surface area contributed by atoms with Crippen molar-refractivity contribution in [3.8, 4) is 0 Å². The average molecular weight is 517 g/mol. The SMILES string of the molecule is CN1CCN(Cc2ccc(Nc3nc(Nc4ccccc4S(=O)(=O)N(C)C)c(Cl)c[nH+]3)cc2)CC1. The number of para-hydroxylation sites is 1. The lowest BCUT2D eigenvalue weighted by Gasteiger charge is -2.32. The van der Waals surface area contributed by atoms with E-state index < -0.39 is 10.0 Å². The molecule has 3 aromatic rings. The number of halogens is 1. The summed E-state index contributed by atoms with van der Waals surface area (Å²) in [5.41, 5.74) is 2.52. The predicted molar refractivity (Wildman–Crippen MR) is 139 cm³/mol. The molecule has 186 valence electrons. The molecule has 0 unspecified atom stereocenters. The van der Waals surface area contributed by atoms with Crippen molar-refractivity contribution >= 4 is 44.8 Å². The molecule has 0 aliphatic carbocycles. The largest absolute Gasteiger partial charge is 0.396 e. The third-order valence-electron chi connectivity index (χ3n) is 5.90. The number of sulfonamides is 1. The molecule has 35 heavy (non-hydrogen) atoms. The van der Waals surface area contributed by atoms with E-state index >= 15 is 0 Å². The van der Waals surface area contributed by atoms with Crippen LogP contribution in [0, 0.1) is 0 Å². The van der Waals surface area contributed by atoms with Crippen LogP contribution in [0.2, 0.25) is 5.02 Å². The monoisotopic (exact) mass is 516 g/mol. The van der Waals surface area contributed by atoms with E-state index in [-0.39, 0.29) is 4.90 Å². The lowest BCUT2D eigenvalue weighted by atomic mass is 10.2. The smallest absolute Gasteiger partial charge is 0.324 e. The summed E-state index contributed by atoms with van der Waals surface area (Å²) >= 11 is 6.35. The van der Waals surface area contributed by atoms with Gasteiger partial charge in [-0.25, -0.2) is 23.0 Å². The Bertz CT molecular complexity index is 1260. The molecule has 3 N–H and O–H groups in total. The summed E-state index contributed by atoms with van der Waals surface area (Å²) in [6, 6.07) is 14.9. The number of rotatable bonds is 8. The summed E-state index contributed by atoms with van der Waals surface area (Å²) in [5, 5.41) is 6.64. The Morgan fingerprint density at radius 3 is 2.40 bits per heavy atom. The number of H-pyrrole nitrogens is 1. The van der Waals surface area contributed by atoms with Crippen molar-refractivity contribution in [1.82, 2.24) is 19.1 Å². The molecule has 0 bridgehead atoms. The number of nitrogens with zero attached hydrogens (tertiary/aromatic N) is 4. The third kappa shape index (κ3) is 6.28. The molecule has 1 fully saturated rings. The maximum Gasteiger partial charge on any atom is 0.396 e. The van der Waals surface area contributed by atoms with Crippen LogP contribution in [-0.2, 0) is 16.6 Å². The van der Waals surface area contributed by atoms with Crippen LogP contribution in [0.15, 0.2) is 59.6 Å². The van der Waals surface area contributed by atoms with Crippen LogP contribution in [0.3, 0.4) is 0 Å². The second-order valence-electron chi connectivity index (χ2n) is 8.76. The Labute approximate surface area is 211 Å². The number of hydrogen-bond donors (Lipinski definition) is 2. The van der Waals surface area contributed by atoms with Gasteiger partial charge in [-0.2, -0.15) is 0 Å². The van der Waals surface area contributed by atoms with E-state index in [2.05, 4.69) is 49.6 Å². The van der Waals surface area contributed by atoms with Gasteiger partial charge < -0.3 is 10.2 Å². The number of nitrogens with one attached hydrogen (secondary N) is 3. The molecule has 11 heteroatoms. The van der Waals surface area contributed by atoms with Crippen LogP contribution < -0.4 is 15.6 Å². The quantitative estimate of drug-likeness (QED) is 0.475. The van der Waals surface area contributed by atoms with Crippen molar-refractivity contribution in [2.45, 2.75) is 11.4 Å². The van der Waals surface area contributed by atoms with Gasteiger partial charge in [0.2, 0.25) is 15.8 Å². The molecule has 4 rings (SSSR count). The van der Waals surface area contributed by atoms with Gasteiger partial charge in [0.05, 0.1) is 17.6 Å². The Morgan fingerprint density at radius 1 is 1.03 bits per heavy atom. The van der Waals surface area contributed by atoms with Gasteiger partial charge >= 0.3 is 5.95 Å². The highest BCUT2D eigenvalue weighted by molar-refractivity contribution is 7.89. The summed E-state index contributed by atoms with van der Waals surface area (Å²) in [6.07, 6.45) is 1.60. The van der Waals surface area contributed by atoms with Crippen LogP contribution >= 0.6 is 11.6 Å². The standard InChI is InChI=1S/C24H30ClN7O2S/c1-30(2)35(33,34)22-7-5-4-6-21(22)28-23-20(25)16-26-24(29-23)27-19-10-8-18(9-11-19)17-32-14-12-31(3)13-15-32/h4-11,16H,12-15,17H2,1-3H3,(H2,26,27,28,29)/p+1. The van der Waals surface area contributed by atoms with Crippen LogP contribution in [-0.4, -0.2) is 74.8 Å². The first-order chi connectivity index (χ1) is 16.7. The van der Waals surface area contributed by atoms with Crippen molar-refractivity contribution < 1.29 is 13.4 Å². The fraction of sp³-hybridized carbons (Fsp3) is 0.333. The number of aromatic nitrogens is 2. The highest BCUT2D eigenvalue weighted by Gasteiger charge is 2.23. The summed E-state index contributed by atoms with van der Waals surface area (Å²) in [6.45, 7) is 5.28. The molecular weight excluding hydrogens is 486 g/mol. The van der Waals surface area contributed by atoms with Crippen LogP contribution in [0.1, 0.15) is 5.56 Å². The first-order valence-corrected chi connectivity index (χ1v) is 13.2. The van der Waals surface area contributed by atoms with E-state index in [0.717, 1.165) is 38.4 Å². The average Bonchev–Trinajstić information content (AvgIpc) is 2.84. The molecule has 2 heterocycles. The zero-order chi connectivity index (χ0) is 25.0. The molecule has 1 saturated heterocycles. The minimum absolute atomic E-state index is 0.140. The topological polar surface area (TPSA) is 94.9 Å². The van der Waals surface area contributed by atoms with Gasteiger partial charge in [0.25, 0.3) is 0 Å². The van der Waals surface area contributed by atoms with E-state index in [9.17, 15) is 8.42 Å². The highest BCUT2D eigenvalue weighted by atomic mass is 35.5. The number of piperazine rings is 1. The van der Waals surface area contributed by atoms with E-state index in [0.29, 0.717) is 22.5 Å². The Kier molecular flexibility index (Phi) is 7.88. The van der Waals surface area contributed by atoms with Crippen molar-refractivity contribution in [2.24, 2.45) is 0 Å². The zero-order valence-corrected chi connectivity index (χ0v) is 21.7. The van der Waals surface area contributed by atoms with Crippen LogP contribution in [0.5, 0.6) is 0 Å². The fourth-order valence-corrected chi connectivity index (χ4v) is 4.95. The number of likely N-dealkylation sites (N-methyl/N-ethyl adjacent to an activating group) is 1. The van der Waals surface area contributed by atoms with E-state index in [4.69, 9.17) is 11.6 Å². The number of benzene rings is 2. The molecule has 0 amide bonds. The van der Waals surface area contributed by atoms with Gasteiger partial charge in [-0.05, 0) is 36.9 Å². The van der Waals surface area contributed by atoms with Crippen molar-refractivity contribution in [3.05, 3.63) is 65.3 Å². The number of hydrogen-bond acceptors (Lipinski definition) is 7. The normalized spacial score (nSPS) is 15.3. The van der Waals surface area contributed by atoms with Gasteiger partial charge in [0.15, 0.2) is 0 Å². The van der Waals surface area contributed by atoms with Crippen LogP contribution in [0.25, 0.3) is 0 Å². The Hall–Kier alpha value is -2.76. The summed E-state index contributed by atoms with van der Waals surface area (Å²) in [7, 11) is 1.50. The molecule has 9 nitrogen and oxygen atoms in total. The van der Waals surface area contributed by atoms with Crippen molar-refractivity contribution in [1.29, 1.82) is 0 Å². The first kappa shape index (κ1) is 25.3. The Morgan fingerprint density at radius 2 is 1.71 bits per heavy atom. The minimum Gasteiger partial charge on any atom is -0.324 e. The van der Waals surface area contributed by atoms with E-state index in [1.807, 2.05) is 12.1 Å². The fourth-order valence-electron chi connectivity index (χ4n) is 3.76. The van der Waals surface area contributed by atoms with Gasteiger partial charge in [-0.3, -0.25) is 4.90 Å². The van der Waals surface area contributed by atoms with Gasteiger partial charge in [-0.15, -0.1) is 0 Å². The second-order valence-corrected chi connectivity index (χ2v) is 11.3. The van der Waals surface area contributed by atoms with E-state index in [1.54, 1.807) is 30.5 Å². The molecule has 0 atom stereocenters. The number of aromatic amines is 1.